The molecule has 1 aliphatic rings. The summed E-state index contributed by atoms with van der Waals surface area (Å²) in [6.07, 6.45) is 3.44. The maximum atomic E-state index is 11.4. The molecule has 0 aromatic carbocycles. The van der Waals surface area contributed by atoms with E-state index in [-0.39, 0.29) is 5.91 Å². The van der Waals surface area contributed by atoms with Crippen molar-refractivity contribution < 1.29 is 4.79 Å². The van der Waals surface area contributed by atoms with E-state index in [4.69, 9.17) is 0 Å². The summed E-state index contributed by atoms with van der Waals surface area (Å²) in [7, 11) is 0. The summed E-state index contributed by atoms with van der Waals surface area (Å²) in [6, 6.07) is 0.360. The van der Waals surface area contributed by atoms with Crippen LogP contribution in [0.3, 0.4) is 0 Å². The molecule has 4 heteroatoms. The molecule has 1 saturated heterocycles. The number of thioether (sulfide) groups is 1. The highest BCUT2D eigenvalue weighted by atomic mass is 32.2. The van der Waals surface area contributed by atoms with E-state index in [1.807, 2.05) is 0 Å². The number of hydrogen-bond acceptors (Lipinski definition) is 3. The van der Waals surface area contributed by atoms with Gasteiger partial charge in [-0.3, -0.25) is 4.79 Å². The summed E-state index contributed by atoms with van der Waals surface area (Å²) in [5, 5.41) is 6.34. The molecular weight excluding hydrogens is 196 g/mol. The van der Waals surface area contributed by atoms with Crippen molar-refractivity contribution in [2.75, 3.05) is 24.6 Å². The fourth-order valence-electron chi connectivity index (χ4n) is 1.55. The van der Waals surface area contributed by atoms with Gasteiger partial charge >= 0.3 is 0 Å². The first-order valence-electron chi connectivity index (χ1n) is 5.40. The lowest BCUT2D eigenvalue weighted by molar-refractivity contribution is -0.119. The summed E-state index contributed by atoms with van der Waals surface area (Å²) in [5.74, 6) is 1.89. The highest BCUT2D eigenvalue weighted by Crippen LogP contribution is 2.04. The minimum absolute atomic E-state index is 0.192. The van der Waals surface area contributed by atoms with Gasteiger partial charge in [-0.05, 0) is 31.6 Å². The highest BCUT2D eigenvalue weighted by Gasteiger charge is 2.14. The number of carbonyl (C=O) groups is 1. The Labute approximate surface area is 90.4 Å². The summed E-state index contributed by atoms with van der Waals surface area (Å²) >= 11 is 1.72. The molecule has 0 aromatic rings. The van der Waals surface area contributed by atoms with Crippen molar-refractivity contribution >= 4 is 17.7 Å². The van der Waals surface area contributed by atoms with E-state index in [1.54, 1.807) is 11.8 Å². The molecule has 14 heavy (non-hydrogen) atoms. The Hall–Kier alpha value is -0.220. The van der Waals surface area contributed by atoms with Crippen LogP contribution in [0.1, 0.15) is 26.2 Å². The number of nitrogens with one attached hydrogen (secondary N) is 2. The average molecular weight is 216 g/mol. The van der Waals surface area contributed by atoms with Gasteiger partial charge in [0.15, 0.2) is 0 Å². The second-order valence-electron chi connectivity index (χ2n) is 3.66. The van der Waals surface area contributed by atoms with E-state index in [0.717, 1.165) is 31.7 Å². The van der Waals surface area contributed by atoms with Crippen molar-refractivity contribution in [1.82, 2.24) is 10.6 Å². The van der Waals surface area contributed by atoms with Crippen LogP contribution in [0.15, 0.2) is 0 Å². The highest BCUT2D eigenvalue weighted by molar-refractivity contribution is 7.99. The van der Waals surface area contributed by atoms with Gasteiger partial charge in [-0.25, -0.2) is 0 Å². The Morgan fingerprint density at radius 1 is 1.64 bits per heavy atom. The summed E-state index contributed by atoms with van der Waals surface area (Å²) in [6.45, 7) is 4.16. The van der Waals surface area contributed by atoms with Crippen LogP contribution < -0.4 is 10.6 Å². The fourth-order valence-corrected chi connectivity index (χ4v) is 2.26. The van der Waals surface area contributed by atoms with Gasteiger partial charge in [-0.2, -0.15) is 11.8 Å². The van der Waals surface area contributed by atoms with Crippen LogP contribution in [0.4, 0.5) is 0 Å². The number of piperidine rings is 1. The number of rotatable bonds is 5. The Balaban J connectivity index is 2.06. The molecule has 1 atom stereocenters. The number of carbonyl (C=O) groups excluding carboxylic acids is 1. The molecule has 0 spiro atoms. The summed E-state index contributed by atoms with van der Waals surface area (Å²) in [4.78, 5) is 11.4. The standard InChI is InChI=1S/C10H20N2OS/c1-2-6-14-8-10(13)12-9-4-3-5-11-7-9/h9,11H,2-8H2,1H3,(H,12,13)/t9-/m1/s1. The lowest BCUT2D eigenvalue weighted by Gasteiger charge is -2.23. The molecule has 0 radical (unpaired) electrons. The molecule has 2 N–H and O–H groups in total. The zero-order valence-electron chi connectivity index (χ0n) is 8.84. The third-order valence-corrected chi connectivity index (χ3v) is 3.41. The van der Waals surface area contributed by atoms with Gasteiger partial charge in [0.25, 0.3) is 0 Å². The van der Waals surface area contributed by atoms with E-state index >= 15 is 0 Å². The first-order valence-corrected chi connectivity index (χ1v) is 6.56. The van der Waals surface area contributed by atoms with Crippen LogP contribution in [0.25, 0.3) is 0 Å². The lowest BCUT2D eigenvalue weighted by atomic mass is 10.1. The Morgan fingerprint density at radius 3 is 3.14 bits per heavy atom. The number of hydrogen-bond donors (Lipinski definition) is 2. The Morgan fingerprint density at radius 2 is 2.50 bits per heavy atom. The van der Waals surface area contributed by atoms with Crippen molar-refractivity contribution in [2.45, 2.75) is 32.2 Å². The minimum Gasteiger partial charge on any atom is -0.351 e. The van der Waals surface area contributed by atoms with Crippen molar-refractivity contribution in [2.24, 2.45) is 0 Å². The van der Waals surface area contributed by atoms with Gasteiger partial charge in [0.05, 0.1) is 5.75 Å². The van der Waals surface area contributed by atoms with Crippen molar-refractivity contribution in [3.63, 3.8) is 0 Å². The predicted octanol–water partition coefficient (Wildman–Crippen LogP) is 0.998. The Kier molecular flexibility index (Phi) is 6.03. The maximum absolute atomic E-state index is 11.4. The normalized spacial score (nSPS) is 21.9. The first-order chi connectivity index (χ1) is 6.83. The van der Waals surface area contributed by atoms with Crippen LogP contribution >= 0.6 is 11.8 Å². The van der Waals surface area contributed by atoms with Gasteiger partial charge < -0.3 is 10.6 Å². The second-order valence-corrected chi connectivity index (χ2v) is 4.77. The lowest BCUT2D eigenvalue weighted by Crippen LogP contribution is -2.46. The molecule has 1 rings (SSSR count). The van der Waals surface area contributed by atoms with Crippen LogP contribution in [-0.2, 0) is 4.79 Å². The molecule has 1 heterocycles. The number of amides is 1. The first kappa shape index (κ1) is 11.9. The molecule has 0 unspecified atom stereocenters. The van der Waals surface area contributed by atoms with Gasteiger partial charge in [0.1, 0.15) is 0 Å². The quantitative estimate of drug-likeness (QED) is 0.674. The van der Waals surface area contributed by atoms with Crippen molar-refractivity contribution in [3.05, 3.63) is 0 Å². The third kappa shape index (κ3) is 4.86. The maximum Gasteiger partial charge on any atom is 0.230 e. The fraction of sp³-hybridized carbons (Fsp3) is 0.900. The topological polar surface area (TPSA) is 41.1 Å². The molecule has 1 amide bonds. The molecular formula is C10H20N2OS. The van der Waals surface area contributed by atoms with E-state index < -0.39 is 0 Å². The Bertz CT molecular complexity index is 170. The van der Waals surface area contributed by atoms with E-state index in [9.17, 15) is 4.79 Å². The van der Waals surface area contributed by atoms with Gasteiger partial charge in [-0.1, -0.05) is 6.92 Å². The average Bonchev–Trinajstić information content (AvgIpc) is 2.20. The van der Waals surface area contributed by atoms with Crippen LogP contribution in [0, 0.1) is 0 Å². The van der Waals surface area contributed by atoms with Crippen molar-refractivity contribution in [3.8, 4) is 0 Å². The van der Waals surface area contributed by atoms with E-state index in [1.165, 1.54) is 6.42 Å². The zero-order valence-corrected chi connectivity index (χ0v) is 9.66. The van der Waals surface area contributed by atoms with E-state index in [2.05, 4.69) is 17.6 Å². The molecule has 0 bridgehead atoms. The van der Waals surface area contributed by atoms with Crippen LogP contribution in [0.2, 0.25) is 0 Å². The molecule has 1 aliphatic heterocycles. The molecule has 0 aromatic heterocycles. The second kappa shape index (κ2) is 7.12. The zero-order chi connectivity index (χ0) is 10.2. The summed E-state index contributed by atoms with van der Waals surface area (Å²) < 4.78 is 0. The van der Waals surface area contributed by atoms with Crippen LogP contribution in [0.5, 0.6) is 0 Å². The molecule has 3 nitrogen and oxygen atoms in total. The molecule has 0 saturated carbocycles. The smallest absolute Gasteiger partial charge is 0.230 e. The van der Waals surface area contributed by atoms with E-state index in [0.29, 0.717) is 11.8 Å². The van der Waals surface area contributed by atoms with Gasteiger partial charge in [0, 0.05) is 12.6 Å². The van der Waals surface area contributed by atoms with Gasteiger partial charge in [-0.15, -0.1) is 0 Å². The van der Waals surface area contributed by atoms with Crippen molar-refractivity contribution in [1.29, 1.82) is 0 Å². The molecule has 0 aliphatic carbocycles. The SMILES string of the molecule is CCCSCC(=O)N[C@@H]1CCCNC1. The minimum atomic E-state index is 0.192. The monoisotopic (exact) mass is 216 g/mol. The van der Waals surface area contributed by atoms with Gasteiger partial charge in [0.2, 0.25) is 5.91 Å². The van der Waals surface area contributed by atoms with Crippen LogP contribution in [-0.4, -0.2) is 36.5 Å². The summed E-state index contributed by atoms with van der Waals surface area (Å²) in [5.41, 5.74) is 0. The third-order valence-electron chi connectivity index (χ3n) is 2.24. The molecule has 82 valence electrons. The molecule has 1 fully saturated rings. The predicted molar refractivity (Wildman–Crippen MR) is 61.7 cm³/mol. The largest absolute Gasteiger partial charge is 0.351 e.